The maximum absolute atomic E-state index is 12.5. The van der Waals surface area contributed by atoms with Crippen LogP contribution in [0.1, 0.15) is 38.2 Å². The SMILES string of the molecule is CC[C@H]1CCCCN1C(=O)[C@H](N)Cc1ccccc1. The lowest BCUT2D eigenvalue weighted by molar-refractivity contribution is -0.136. The van der Waals surface area contributed by atoms with E-state index in [1.165, 1.54) is 6.42 Å². The first kappa shape index (κ1) is 14.1. The molecule has 104 valence electrons. The fourth-order valence-corrected chi connectivity index (χ4v) is 2.88. The molecular formula is C16H24N2O. The van der Waals surface area contributed by atoms with Gasteiger partial charge in [0.05, 0.1) is 6.04 Å². The van der Waals surface area contributed by atoms with E-state index < -0.39 is 6.04 Å². The normalized spacial score (nSPS) is 21.2. The molecule has 0 saturated carbocycles. The highest BCUT2D eigenvalue weighted by Crippen LogP contribution is 2.20. The lowest BCUT2D eigenvalue weighted by Crippen LogP contribution is -2.51. The largest absolute Gasteiger partial charge is 0.338 e. The van der Waals surface area contributed by atoms with Crippen molar-refractivity contribution in [2.24, 2.45) is 5.73 Å². The van der Waals surface area contributed by atoms with Crippen molar-refractivity contribution in [2.45, 2.75) is 51.1 Å². The summed E-state index contributed by atoms with van der Waals surface area (Å²) in [4.78, 5) is 14.5. The Kier molecular flexibility index (Phi) is 4.97. The molecule has 1 aromatic carbocycles. The fraction of sp³-hybridized carbons (Fsp3) is 0.562. The summed E-state index contributed by atoms with van der Waals surface area (Å²) < 4.78 is 0. The first-order valence-corrected chi connectivity index (χ1v) is 7.32. The van der Waals surface area contributed by atoms with Gasteiger partial charge < -0.3 is 10.6 Å². The number of hydrogen-bond acceptors (Lipinski definition) is 2. The summed E-state index contributed by atoms with van der Waals surface area (Å²) in [5.41, 5.74) is 7.24. The summed E-state index contributed by atoms with van der Waals surface area (Å²) in [7, 11) is 0. The Hall–Kier alpha value is -1.35. The standard InChI is InChI=1S/C16H24N2O/c1-2-14-10-6-7-11-18(14)16(19)15(17)12-13-8-4-3-5-9-13/h3-5,8-9,14-15H,2,6-7,10-12,17H2,1H3/t14-,15+/m0/s1. The Labute approximate surface area is 115 Å². The molecule has 0 aromatic heterocycles. The maximum atomic E-state index is 12.5. The van der Waals surface area contributed by atoms with Crippen molar-refractivity contribution >= 4 is 5.91 Å². The molecule has 0 unspecified atom stereocenters. The van der Waals surface area contributed by atoms with Gasteiger partial charge in [0.2, 0.25) is 5.91 Å². The van der Waals surface area contributed by atoms with E-state index in [-0.39, 0.29) is 5.91 Å². The molecule has 2 atom stereocenters. The molecule has 3 heteroatoms. The van der Waals surface area contributed by atoms with E-state index in [0.29, 0.717) is 12.5 Å². The van der Waals surface area contributed by atoms with Crippen LogP contribution in [0.2, 0.25) is 0 Å². The summed E-state index contributed by atoms with van der Waals surface area (Å²) in [6.07, 6.45) is 5.13. The van der Waals surface area contributed by atoms with Gasteiger partial charge in [0.15, 0.2) is 0 Å². The Bertz CT molecular complexity index is 404. The second-order valence-corrected chi connectivity index (χ2v) is 5.39. The first-order chi connectivity index (χ1) is 9.22. The summed E-state index contributed by atoms with van der Waals surface area (Å²) in [5, 5.41) is 0. The van der Waals surface area contributed by atoms with Crippen molar-refractivity contribution in [1.82, 2.24) is 4.90 Å². The minimum atomic E-state index is -0.408. The Morgan fingerprint density at radius 3 is 2.79 bits per heavy atom. The van der Waals surface area contributed by atoms with E-state index in [0.717, 1.165) is 31.4 Å². The van der Waals surface area contributed by atoms with Crippen LogP contribution >= 0.6 is 0 Å². The van der Waals surface area contributed by atoms with Gasteiger partial charge in [-0.1, -0.05) is 37.3 Å². The van der Waals surface area contributed by atoms with Gasteiger partial charge in [-0.25, -0.2) is 0 Å². The van der Waals surface area contributed by atoms with Crippen LogP contribution in [-0.2, 0) is 11.2 Å². The zero-order valence-corrected chi connectivity index (χ0v) is 11.7. The third kappa shape index (κ3) is 3.57. The molecule has 1 heterocycles. The van der Waals surface area contributed by atoms with Gasteiger partial charge in [-0.15, -0.1) is 0 Å². The number of nitrogens with zero attached hydrogens (tertiary/aromatic N) is 1. The number of nitrogens with two attached hydrogens (primary N) is 1. The number of carbonyl (C=O) groups is 1. The van der Waals surface area contributed by atoms with E-state index in [9.17, 15) is 4.79 Å². The van der Waals surface area contributed by atoms with Gasteiger partial charge in [0.1, 0.15) is 0 Å². The quantitative estimate of drug-likeness (QED) is 0.903. The second-order valence-electron chi connectivity index (χ2n) is 5.39. The first-order valence-electron chi connectivity index (χ1n) is 7.32. The monoisotopic (exact) mass is 260 g/mol. The Morgan fingerprint density at radius 2 is 2.11 bits per heavy atom. The lowest BCUT2D eigenvalue weighted by Gasteiger charge is -2.36. The number of carbonyl (C=O) groups excluding carboxylic acids is 1. The predicted octanol–water partition coefficient (Wildman–Crippen LogP) is 2.35. The van der Waals surface area contributed by atoms with Crippen molar-refractivity contribution < 1.29 is 4.79 Å². The van der Waals surface area contributed by atoms with E-state index in [2.05, 4.69) is 6.92 Å². The topological polar surface area (TPSA) is 46.3 Å². The van der Waals surface area contributed by atoms with Crippen molar-refractivity contribution in [2.75, 3.05) is 6.54 Å². The lowest BCUT2D eigenvalue weighted by atomic mass is 9.97. The third-order valence-electron chi connectivity index (χ3n) is 4.00. The average Bonchev–Trinajstić information content (AvgIpc) is 2.47. The molecule has 1 amide bonds. The fourth-order valence-electron chi connectivity index (χ4n) is 2.88. The van der Waals surface area contributed by atoms with Crippen LogP contribution < -0.4 is 5.73 Å². The predicted molar refractivity (Wildman–Crippen MR) is 77.8 cm³/mol. The smallest absolute Gasteiger partial charge is 0.240 e. The average molecular weight is 260 g/mol. The van der Waals surface area contributed by atoms with Crippen LogP contribution in [0, 0.1) is 0 Å². The van der Waals surface area contributed by atoms with Gasteiger partial charge in [0.25, 0.3) is 0 Å². The summed E-state index contributed by atoms with van der Waals surface area (Å²) >= 11 is 0. The van der Waals surface area contributed by atoms with Gasteiger partial charge in [-0.2, -0.15) is 0 Å². The molecule has 2 N–H and O–H groups in total. The summed E-state index contributed by atoms with van der Waals surface area (Å²) in [6, 6.07) is 10.00. The van der Waals surface area contributed by atoms with Crippen molar-refractivity contribution in [3.05, 3.63) is 35.9 Å². The van der Waals surface area contributed by atoms with Gasteiger partial charge in [-0.3, -0.25) is 4.79 Å². The molecule has 19 heavy (non-hydrogen) atoms. The number of rotatable bonds is 4. The molecule has 1 saturated heterocycles. The minimum absolute atomic E-state index is 0.121. The molecule has 1 aliphatic heterocycles. The van der Waals surface area contributed by atoms with E-state index >= 15 is 0 Å². The third-order valence-corrected chi connectivity index (χ3v) is 4.00. The summed E-state index contributed by atoms with van der Waals surface area (Å²) in [6.45, 7) is 3.03. The number of piperidine rings is 1. The van der Waals surface area contributed by atoms with E-state index in [1.807, 2.05) is 35.2 Å². The number of likely N-dealkylation sites (tertiary alicyclic amines) is 1. The Balaban J connectivity index is 1.98. The molecule has 3 nitrogen and oxygen atoms in total. The maximum Gasteiger partial charge on any atom is 0.240 e. The van der Waals surface area contributed by atoms with E-state index in [4.69, 9.17) is 5.73 Å². The highest BCUT2D eigenvalue weighted by Gasteiger charge is 2.28. The molecule has 1 fully saturated rings. The Morgan fingerprint density at radius 1 is 1.37 bits per heavy atom. The van der Waals surface area contributed by atoms with E-state index in [1.54, 1.807) is 0 Å². The molecule has 0 bridgehead atoms. The summed E-state index contributed by atoms with van der Waals surface area (Å²) in [5.74, 6) is 0.121. The van der Waals surface area contributed by atoms with Crippen molar-refractivity contribution in [1.29, 1.82) is 0 Å². The highest BCUT2D eigenvalue weighted by molar-refractivity contribution is 5.82. The zero-order valence-electron chi connectivity index (χ0n) is 11.7. The van der Waals surface area contributed by atoms with Gasteiger partial charge in [0, 0.05) is 12.6 Å². The molecular weight excluding hydrogens is 236 g/mol. The highest BCUT2D eigenvalue weighted by atomic mass is 16.2. The molecule has 0 spiro atoms. The number of benzene rings is 1. The molecule has 1 aliphatic rings. The van der Waals surface area contributed by atoms with Crippen LogP contribution in [0.25, 0.3) is 0 Å². The van der Waals surface area contributed by atoms with Gasteiger partial charge in [-0.05, 0) is 37.7 Å². The zero-order chi connectivity index (χ0) is 13.7. The van der Waals surface area contributed by atoms with Crippen LogP contribution in [0.4, 0.5) is 0 Å². The molecule has 1 aromatic rings. The van der Waals surface area contributed by atoms with Crippen molar-refractivity contribution in [3.63, 3.8) is 0 Å². The van der Waals surface area contributed by atoms with Crippen LogP contribution in [0.5, 0.6) is 0 Å². The molecule has 0 aliphatic carbocycles. The second kappa shape index (κ2) is 6.71. The number of hydrogen-bond donors (Lipinski definition) is 1. The van der Waals surface area contributed by atoms with Crippen LogP contribution in [0.3, 0.4) is 0 Å². The molecule has 0 radical (unpaired) electrons. The molecule has 2 rings (SSSR count). The van der Waals surface area contributed by atoms with Crippen molar-refractivity contribution in [3.8, 4) is 0 Å². The minimum Gasteiger partial charge on any atom is -0.338 e. The number of amides is 1. The van der Waals surface area contributed by atoms with Crippen LogP contribution in [0.15, 0.2) is 30.3 Å². The van der Waals surface area contributed by atoms with Crippen LogP contribution in [-0.4, -0.2) is 29.4 Å². The van der Waals surface area contributed by atoms with Gasteiger partial charge >= 0.3 is 0 Å².